The largest absolute Gasteiger partial charge is 0.334 e. The number of nitrogens with zero attached hydrogens (tertiary/aromatic N) is 3. The van der Waals surface area contributed by atoms with Crippen molar-refractivity contribution in [1.29, 1.82) is 0 Å². The molecule has 0 aliphatic rings. The van der Waals surface area contributed by atoms with Crippen molar-refractivity contribution in [3.63, 3.8) is 0 Å². The second-order valence-corrected chi connectivity index (χ2v) is 4.76. The summed E-state index contributed by atoms with van der Waals surface area (Å²) in [4.78, 5) is 6.63. The number of hydrogen-bond donors (Lipinski definition) is 1. The average Bonchev–Trinajstić information content (AvgIpc) is 2.65. The lowest BCUT2D eigenvalue weighted by atomic mass is 10.0. The molecule has 0 atom stereocenters. The van der Waals surface area contributed by atoms with Crippen LogP contribution in [0.3, 0.4) is 0 Å². The summed E-state index contributed by atoms with van der Waals surface area (Å²) in [5.74, 6) is 1.07. The number of aryl methyl sites for hydroxylation is 1. The highest BCUT2D eigenvalue weighted by Gasteiger charge is 2.23. The van der Waals surface area contributed by atoms with Crippen LogP contribution in [-0.4, -0.2) is 39.6 Å². The Balaban J connectivity index is 2.56. The minimum absolute atomic E-state index is 0.0727. The number of rotatable bonds is 6. The summed E-state index contributed by atoms with van der Waals surface area (Å²) < 4.78 is 2.18. The van der Waals surface area contributed by atoms with Crippen LogP contribution in [0, 0.1) is 6.92 Å². The Hall–Kier alpha value is -0.870. The van der Waals surface area contributed by atoms with Gasteiger partial charge in [-0.1, -0.05) is 6.92 Å². The summed E-state index contributed by atoms with van der Waals surface area (Å²) in [6.07, 6.45) is 3.87. The van der Waals surface area contributed by atoms with Crippen LogP contribution in [0.5, 0.6) is 0 Å². The zero-order valence-electron chi connectivity index (χ0n) is 10.9. The fraction of sp³-hybridized carbons (Fsp3) is 0.750. The lowest BCUT2D eigenvalue weighted by Crippen LogP contribution is -2.50. The second kappa shape index (κ2) is 5.46. The first-order valence-corrected chi connectivity index (χ1v) is 5.94. The average molecular weight is 224 g/mol. The smallest absolute Gasteiger partial charge is 0.105 e. The molecule has 0 unspecified atom stereocenters. The summed E-state index contributed by atoms with van der Waals surface area (Å²) in [7, 11) is 0. The SMILES string of the molecule is CCN(CCn1ccnc1C)C(C)(C)CN. The molecule has 0 fully saturated rings. The molecule has 0 saturated carbocycles. The highest BCUT2D eigenvalue weighted by Crippen LogP contribution is 2.12. The molecule has 0 saturated heterocycles. The van der Waals surface area contributed by atoms with E-state index in [0.29, 0.717) is 6.54 Å². The number of likely N-dealkylation sites (N-methyl/N-ethyl adjacent to an activating group) is 1. The lowest BCUT2D eigenvalue weighted by Gasteiger charge is -2.37. The van der Waals surface area contributed by atoms with Crippen molar-refractivity contribution in [2.45, 2.75) is 39.8 Å². The molecule has 1 heterocycles. The molecule has 0 amide bonds. The molecule has 0 aliphatic heterocycles. The van der Waals surface area contributed by atoms with E-state index >= 15 is 0 Å². The second-order valence-electron chi connectivity index (χ2n) is 4.76. The minimum Gasteiger partial charge on any atom is -0.334 e. The highest BCUT2D eigenvalue weighted by atomic mass is 15.2. The third-order valence-electron chi connectivity index (χ3n) is 3.27. The molecule has 1 aromatic rings. The first-order valence-electron chi connectivity index (χ1n) is 5.94. The van der Waals surface area contributed by atoms with Gasteiger partial charge < -0.3 is 10.3 Å². The maximum absolute atomic E-state index is 5.80. The van der Waals surface area contributed by atoms with Crippen LogP contribution in [0.4, 0.5) is 0 Å². The minimum atomic E-state index is 0.0727. The fourth-order valence-corrected chi connectivity index (χ4v) is 1.89. The Morgan fingerprint density at radius 1 is 1.50 bits per heavy atom. The molecule has 0 aliphatic carbocycles. The summed E-state index contributed by atoms with van der Waals surface area (Å²) in [5, 5.41) is 0. The summed E-state index contributed by atoms with van der Waals surface area (Å²) >= 11 is 0. The molecule has 2 N–H and O–H groups in total. The van der Waals surface area contributed by atoms with Gasteiger partial charge in [-0.25, -0.2) is 4.98 Å². The van der Waals surface area contributed by atoms with Gasteiger partial charge in [0, 0.05) is 37.6 Å². The van der Waals surface area contributed by atoms with E-state index in [4.69, 9.17) is 5.73 Å². The van der Waals surface area contributed by atoms with Crippen molar-refractivity contribution in [3.8, 4) is 0 Å². The number of aromatic nitrogens is 2. The normalized spacial score (nSPS) is 12.4. The van der Waals surface area contributed by atoms with Crippen LogP contribution in [-0.2, 0) is 6.54 Å². The summed E-state index contributed by atoms with van der Waals surface area (Å²) in [6.45, 7) is 12.3. The Labute approximate surface area is 98.5 Å². The molecule has 92 valence electrons. The van der Waals surface area contributed by atoms with E-state index in [9.17, 15) is 0 Å². The van der Waals surface area contributed by atoms with Crippen LogP contribution >= 0.6 is 0 Å². The van der Waals surface area contributed by atoms with Crippen molar-refractivity contribution < 1.29 is 0 Å². The van der Waals surface area contributed by atoms with Crippen LogP contribution in [0.2, 0.25) is 0 Å². The molecule has 0 bridgehead atoms. The summed E-state index contributed by atoms with van der Waals surface area (Å²) in [6, 6.07) is 0. The Bertz CT molecular complexity index is 317. The van der Waals surface area contributed by atoms with Crippen molar-refractivity contribution in [2.75, 3.05) is 19.6 Å². The van der Waals surface area contributed by atoms with Crippen molar-refractivity contribution in [3.05, 3.63) is 18.2 Å². The van der Waals surface area contributed by atoms with E-state index in [0.717, 1.165) is 25.5 Å². The maximum atomic E-state index is 5.80. The number of imidazole rings is 1. The van der Waals surface area contributed by atoms with Gasteiger partial charge in [0.05, 0.1) is 0 Å². The van der Waals surface area contributed by atoms with E-state index in [1.165, 1.54) is 0 Å². The third kappa shape index (κ3) is 3.06. The molecular formula is C12H24N4. The van der Waals surface area contributed by atoms with E-state index < -0.39 is 0 Å². The molecule has 1 aromatic heterocycles. The van der Waals surface area contributed by atoms with Crippen LogP contribution in [0.15, 0.2) is 12.4 Å². The Morgan fingerprint density at radius 2 is 2.19 bits per heavy atom. The van der Waals surface area contributed by atoms with E-state index in [-0.39, 0.29) is 5.54 Å². The van der Waals surface area contributed by atoms with Crippen molar-refractivity contribution >= 4 is 0 Å². The molecular weight excluding hydrogens is 200 g/mol. The van der Waals surface area contributed by atoms with Crippen LogP contribution in [0.25, 0.3) is 0 Å². The van der Waals surface area contributed by atoms with Gasteiger partial charge in [-0.3, -0.25) is 4.90 Å². The Kier molecular flexibility index (Phi) is 4.50. The lowest BCUT2D eigenvalue weighted by molar-refractivity contribution is 0.129. The predicted octanol–water partition coefficient (Wildman–Crippen LogP) is 1.25. The predicted molar refractivity (Wildman–Crippen MR) is 67.3 cm³/mol. The summed E-state index contributed by atoms with van der Waals surface area (Å²) in [5.41, 5.74) is 5.87. The van der Waals surface area contributed by atoms with Gasteiger partial charge in [-0.2, -0.15) is 0 Å². The fourth-order valence-electron chi connectivity index (χ4n) is 1.89. The molecule has 0 aromatic carbocycles. The molecule has 4 nitrogen and oxygen atoms in total. The van der Waals surface area contributed by atoms with E-state index in [1.54, 1.807) is 0 Å². The van der Waals surface area contributed by atoms with Crippen molar-refractivity contribution in [2.24, 2.45) is 5.73 Å². The van der Waals surface area contributed by atoms with Gasteiger partial charge in [0.1, 0.15) is 5.82 Å². The topological polar surface area (TPSA) is 47.1 Å². The van der Waals surface area contributed by atoms with E-state index in [1.807, 2.05) is 19.3 Å². The first kappa shape index (κ1) is 13.2. The molecule has 0 spiro atoms. The Morgan fingerprint density at radius 3 is 2.62 bits per heavy atom. The van der Waals surface area contributed by atoms with Gasteiger partial charge in [0.15, 0.2) is 0 Å². The first-order chi connectivity index (χ1) is 7.51. The zero-order valence-corrected chi connectivity index (χ0v) is 10.9. The standard InChI is InChI=1S/C12H24N4/c1-5-16(12(3,4)10-13)9-8-15-7-6-14-11(15)2/h6-7H,5,8-10,13H2,1-4H3. The van der Waals surface area contributed by atoms with Gasteiger partial charge >= 0.3 is 0 Å². The molecule has 0 radical (unpaired) electrons. The maximum Gasteiger partial charge on any atom is 0.105 e. The van der Waals surface area contributed by atoms with Gasteiger partial charge in [-0.05, 0) is 27.3 Å². The zero-order chi connectivity index (χ0) is 12.2. The molecule has 4 heteroatoms. The van der Waals surface area contributed by atoms with E-state index in [2.05, 4.69) is 35.2 Å². The highest BCUT2D eigenvalue weighted by molar-refractivity contribution is 4.89. The quantitative estimate of drug-likeness (QED) is 0.791. The number of nitrogens with two attached hydrogens (primary N) is 1. The third-order valence-corrected chi connectivity index (χ3v) is 3.27. The van der Waals surface area contributed by atoms with Crippen LogP contribution in [0.1, 0.15) is 26.6 Å². The van der Waals surface area contributed by atoms with Gasteiger partial charge in [-0.15, -0.1) is 0 Å². The molecule has 16 heavy (non-hydrogen) atoms. The monoisotopic (exact) mass is 224 g/mol. The molecule has 1 rings (SSSR count). The number of hydrogen-bond acceptors (Lipinski definition) is 3. The van der Waals surface area contributed by atoms with Gasteiger partial charge in [0.2, 0.25) is 0 Å². The van der Waals surface area contributed by atoms with Crippen LogP contribution < -0.4 is 5.73 Å². The van der Waals surface area contributed by atoms with Gasteiger partial charge in [0.25, 0.3) is 0 Å². The van der Waals surface area contributed by atoms with Crippen molar-refractivity contribution in [1.82, 2.24) is 14.5 Å².